The number of piperazine rings is 1. The van der Waals surface area contributed by atoms with Gasteiger partial charge in [0.1, 0.15) is 22.8 Å². The number of aryl methyl sites for hydroxylation is 1. The van der Waals surface area contributed by atoms with Gasteiger partial charge in [-0.15, -0.1) is 0 Å². The number of nitrogens with one attached hydrogen (secondary N) is 2. The third-order valence-electron chi connectivity index (χ3n) is 9.23. The van der Waals surface area contributed by atoms with Crippen LogP contribution in [0.5, 0.6) is 5.75 Å². The van der Waals surface area contributed by atoms with E-state index in [0.717, 1.165) is 70.5 Å². The molecule has 0 bridgehead atoms. The molecule has 0 atom stereocenters. The third kappa shape index (κ3) is 7.19. The molecule has 250 valence electrons. The normalized spacial score (nSPS) is 16.7. The molecule has 6 rings (SSSR count). The van der Waals surface area contributed by atoms with Crippen molar-refractivity contribution in [1.29, 1.82) is 0 Å². The summed E-state index contributed by atoms with van der Waals surface area (Å²) in [6.07, 6.45) is 9.10. The lowest BCUT2D eigenvalue weighted by molar-refractivity contribution is 0.0982. The number of hydrogen-bond acceptors (Lipinski definition) is 12. The number of benzene rings is 2. The Balaban J connectivity index is 1.21. The summed E-state index contributed by atoms with van der Waals surface area (Å²) in [4.78, 5) is 25.5. The second-order valence-electron chi connectivity index (χ2n) is 12.2. The fourth-order valence-corrected chi connectivity index (χ4v) is 6.99. The molecular formula is C33H44N10O3S. The molecule has 0 spiro atoms. The number of nitrogens with zero attached hydrogens (tertiary/aromatic N) is 8. The largest absolute Gasteiger partial charge is 0.494 e. The molecule has 0 radical (unpaired) electrons. The lowest BCUT2D eigenvalue weighted by atomic mass is 9.99. The van der Waals surface area contributed by atoms with Gasteiger partial charge >= 0.3 is 0 Å². The van der Waals surface area contributed by atoms with Gasteiger partial charge in [-0.1, -0.05) is 6.92 Å². The third-order valence-corrected chi connectivity index (χ3v) is 10.4. The second kappa shape index (κ2) is 13.8. The second-order valence-corrected chi connectivity index (χ2v) is 14.2. The maximum absolute atomic E-state index is 12.6. The van der Waals surface area contributed by atoms with E-state index >= 15 is 0 Å². The lowest BCUT2D eigenvalue weighted by Gasteiger charge is -2.43. The van der Waals surface area contributed by atoms with Crippen LogP contribution in [0.25, 0.3) is 11.0 Å². The number of ether oxygens (including phenoxy) is 1. The van der Waals surface area contributed by atoms with Crippen molar-refractivity contribution in [2.75, 3.05) is 86.6 Å². The van der Waals surface area contributed by atoms with Gasteiger partial charge < -0.3 is 25.2 Å². The molecule has 2 N–H and O–H groups in total. The van der Waals surface area contributed by atoms with Crippen LogP contribution in [0.1, 0.15) is 25.3 Å². The summed E-state index contributed by atoms with van der Waals surface area (Å²) in [5.41, 5.74) is 5.15. The molecule has 4 aromatic rings. The molecule has 0 saturated carbocycles. The van der Waals surface area contributed by atoms with E-state index in [2.05, 4.69) is 66.4 Å². The maximum Gasteiger partial charge on any atom is 0.232 e. The van der Waals surface area contributed by atoms with Gasteiger partial charge in [-0.05, 0) is 56.1 Å². The van der Waals surface area contributed by atoms with E-state index < -0.39 is 10.0 Å². The van der Waals surface area contributed by atoms with E-state index in [9.17, 15) is 8.42 Å². The number of fused-ring (bicyclic) bond motifs is 1. The fraction of sp³-hybridized carbons (Fsp3) is 0.455. The zero-order valence-electron chi connectivity index (χ0n) is 27.8. The molecule has 2 aliphatic rings. The first-order chi connectivity index (χ1) is 22.6. The highest BCUT2D eigenvalue weighted by molar-refractivity contribution is 7.92. The van der Waals surface area contributed by atoms with Crippen LogP contribution in [0.4, 0.5) is 34.5 Å². The van der Waals surface area contributed by atoms with Crippen LogP contribution in [0, 0.1) is 0 Å². The minimum atomic E-state index is -3.59. The number of aromatic nitrogens is 4. The van der Waals surface area contributed by atoms with E-state index in [-0.39, 0.29) is 0 Å². The zero-order chi connectivity index (χ0) is 33.1. The number of methoxy groups -OCH3 is 1. The number of piperidine rings is 1. The van der Waals surface area contributed by atoms with Crippen LogP contribution in [0.3, 0.4) is 0 Å². The van der Waals surface area contributed by atoms with Gasteiger partial charge in [0.2, 0.25) is 16.0 Å². The smallest absolute Gasteiger partial charge is 0.232 e. The molecular weight excluding hydrogens is 616 g/mol. The van der Waals surface area contributed by atoms with Crippen LogP contribution in [0.2, 0.25) is 0 Å². The highest BCUT2D eigenvalue weighted by atomic mass is 32.2. The SMILES string of the molecule is CCc1cc(Nc2nccc(Nc3ccc4nccnc4c3N(C)S(C)(=O)=O)n2)c(OC)cc1N1CCC(N2CCN(C)CC2)CC1. The molecule has 2 aliphatic heterocycles. The first-order valence-corrected chi connectivity index (χ1v) is 17.9. The highest BCUT2D eigenvalue weighted by Crippen LogP contribution is 2.38. The van der Waals surface area contributed by atoms with Gasteiger partial charge in [0.25, 0.3) is 0 Å². The van der Waals surface area contributed by atoms with Crippen molar-refractivity contribution in [3.05, 3.63) is 54.5 Å². The Morgan fingerprint density at radius 2 is 1.68 bits per heavy atom. The number of rotatable bonds is 10. The Hall–Kier alpha value is -4.27. The Kier molecular flexibility index (Phi) is 9.62. The number of hydrogen-bond donors (Lipinski definition) is 2. The molecule has 4 heterocycles. The van der Waals surface area contributed by atoms with Crippen LogP contribution < -0.4 is 24.6 Å². The van der Waals surface area contributed by atoms with Crippen molar-refractivity contribution in [2.45, 2.75) is 32.2 Å². The molecule has 13 nitrogen and oxygen atoms in total. The summed E-state index contributed by atoms with van der Waals surface area (Å²) < 4.78 is 32.2. The Bertz CT molecular complexity index is 1820. The van der Waals surface area contributed by atoms with Gasteiger partial charge in [0.15, 0.2) is 0 Å². The van der Waals surface area contributed by atoms with Crippen LogP contribution in [-0.2, 0) is 16.4 Å². The summed E-state index contributed by atoms with van der Waals surface area (Å²) in [6.45, 7) is 8.82. The van der Waals surface area contributed by atoms with Crippen LogP contribution >= 0.6 is 0 Å². The topological polar surface area (TPSA) is 132 Å². The van der Waals surface area contributed by atoms with Gasteiger partial charge in [0, 0.05) is 82.7 Å². The van der Waals surface area contributed by atoms with Gasteiger partial charge in [-0.2, -0.15) is 4.98 Å². The maximum atomic E-state index is 12.6. The average Bonchev–Trinajstić information content (AvgIpc) is 3.08. The summed E-state index contributed by atoms with van der Waals surface area (Å²) in [7, 11) is 1.79. The Morgan fingerprint density at radius 1 is 0.936 bits per heavy atom. The van der Waals surface area contributed by atoms with E-state index in [1.54, 1.807) is 37.7 Å². The van der Waals surface area contributed by atoms with Crippen LogP contribution in [0.15, 0.2) is 48.9 Å². The molecule has 14 heteroatoms. The van der Waals surface area contributed by atoms with Gasteiger partial charge in [0.05, 0.1) is 30.3 Å². The Morgan fingerprint density at radius 3 is 2.38 bits per heavy atom. The molecule has 2 fully saturated rings. The quantitative estimate of drug-likeness (QED) is 0.254. The Labute approximate surface area is 277 Å². The molecule has 47 heavy (non-hydrogen) atoms. The average molecular weight is 661 g/mol. The monoisotopic (exact) mass is 660 g/mol. The van der Waals surface area contributed by atoms with Crippen molar-refractivity contribution in [3.63, 3.8) is 0 Å². The zero-order valence-corrected chi connectivity index (χ0v) is 28.6. The molecule has 0 unspecified atom stereocenters. The van der Waals surface area contributed by atoms with E-state index in [1.807, 2.05) is 0 Å². The number of anilines is 6. The van der Waals surface area contributed by atoms with Crippen molar-refractivity contribution >= 4 is 55.6 Å². The summed E-state index contributed by atoms with van der Waals surface area (Å²) in [5, 5.41) is 6.62. The van der Waals surface area contributed by atoms with Gasteiger partial charge in [-0.3, -0.25) is 19.2 Å². The number of sulfonamides is 1. The predicted octanol–water partition coefficient (Wildman–Crippen LogP) is 4.09. The summed E-state index contributed by atoms with van der Waals surface area (Å²) in [6, 6.07) is 10.2. The molecule has 2 aromatic carbocycles. The van der Waals surface area contributed by atoms with E-state index in [1.165, 1.54) is 28.8 Å². The molecule has 2 saturated heterocycles. The van der Waals surface area contributed by atoms with Crippen molar-refractivity contribution in [3.8, 4) is 5.75 Å². The highest BCUT2D eigenvalue weighted by Gasteiger charge is 2.28. The number of likely N-dealkylation sites (N-methyl/N-ethyl adjacent to an activating group) is 1. The molecule has 2 aromatic heterocycles. The minimum absolute atomic E-state index is 0.370. The van der Waals surface area contributed by atoms with Gasteiger partial charge in [-0.25, -0.2) is 13.4 Å². The fourth-order valence-electron chi connectivity index (χ4n) is 6.47. The summed E-state index contributed by atoms with van der Waals surface area (Å²) >= 11 is 0. The predicted molar refractivity (Wildman–Crippen MR) is 188 cm³/mol. The molecule has 0 amide bonds. The lowest BCUT2D eigenvalue weighted by Crippen LogP contribution is -2.52. The van der Waals surface area contributed by atoms with E-state index in [0.29, 0.717) is 46.0 Å². The van der Waals surface area contributed by atoms with Crippen molar-refractivity contribution < 1.29 is 13.2 Å². The first kappa shape index (κ1) is 32.7. The molecule has 0 aliphatic carbocycles. The standard InChI is InChI=1S/C33H44N10O3S/c1-6-23-21-27(29(46-4)22-28(23)43-15-10-24(11-16-43)42-19-17-40(2)18-20-42)38-33-36-12-9-30(39-33)37-26-8-7-25-31(35-14-13-34-25)32(26)41(3)47(5,44)45/h7-9,12-14,21-22,24H,6,10-11,15-20H2,1-5H3,(H2,36,37,38,39). The van der Waals surface area contributed by atoms with Crippen LogP contribution in [-0.4, -0.2) is 111 Å². The minimum Gasteiger partial charge on any atom is -0.494 e. The first-order valence-electron chi connectivity index (χ1n) is 16.1. The summed E-state index contributed by atoms with van der Waals surface area (Å²) in [5.74, 6) is 1.56. The van der Waals surface area contributed by atoms with E-state index in [4.69, 9.17) is 9.72 Å². The van der Waals surface area contributed by atoms with Crippen molar-refractivity contribution in [1.82, 2.24) is 29.7 Å². The van der Waals surface area contributed by atoms with Crippen molar-refractivity contribution in [2.24, 2.45) is 0 Å².